The minimum absolute atomic E-state index is 0.270. The van der Waals surface area contributed by atoms with Gasteiger partial charge in [-0.1, -0.05) is 12.1 Å². The van der Waals surface area contributed by atoms with Gasteiger partial charge in [-0.2, -0.15) is 0 Å². The van der Waals surface area contributed by atoms with Crippen molar-refractivity contribution in [2.45, 2.75) is 6.42 Å². The number of aliphatic hydroxyl groups excluding tert-OH is 1. The SMILES string of the molecule is COc1ccc(CCN2CCN(CCO)CC2)cc1. The second-order valence-electron chi connectivity index (χ2n) is 5.00. The van der Waals surface area contributed by atoms with Crippen LogP contribution < -0.4 is 4.74 Å². The topological polar surface area (TPSA) is 35.9 Å². The van der Waals surface area contributed by atoms with Crippen LogP contribution in [-0.2, 0) is 6.42 Å². The minimum Gasteiger partial charge on any atom is -0.497 e. The first-order chi connectivity index (χ1) is 9.31. The van der Waals surface area contributed by atoms with Crippen LogP contribution in [0.5, 0.6) is 5.75 Å². The Balaban J connectivity index is 1.71. The van der Waals surface area contributed by atoms with Crippen molar-refractivity contribution >= 4 is 0 Å². The molecule has 0 radical (unpaired) electrons. The van der Waals surface area contributed by atoms with Gasteiger partial charge in [0, 0.05) is 39.3 Å². The largest absolute Gasteiger partial charge is 0.497 e. The van der Waals surface area contributed by atoms with E-state index in [9.17, 15) is 0 Å². The molecule has 2 rings (SSSR count). The Hall–Kier alpha value is -1.10. The molecule has 1 aromatic carbocycles. The summed E-state index contributed by atoms with van der Waals surface area (Å²) in [6.07, 6.45) is 1.09. The smallest absolute Gasteiger partial charge is 0.118 e. The first-order valence-electron chi connectivity index (χ1n) is 7.00. The molecule has 0 aromatic heterocycles. The van der Waals surface area contributed by atoms with Crippen LogP contribution in [0.2, 0.25) is 0 Å². The third-order valence-electron chi connectivity index (χ3n) is 3.76. The van der Waals surface area contributed by atoms with Crippen molar-refractivity contribution in [1.29, 1.82) is 0 Å². The summed E-state index contributed by atoms with van der Waals surface area (Å²) in [5.41, 5.74) is 1.36. The number of aliphatic hydroxyl groups is 1. The molecule has 1 aliphatic heterocycles. The normalized spacial score (nSPS) is 17.6. The van der Waals surface area contributed by atoms with E-state index < -0.39 is 0 Å². The fourth-order valence-corrected chi connectivity index (χ4v) is 2.46. The van der Waals surface area contributed by atoms with Crippen molar-refractivity contribution in [2.24, 2.45) is 0 Å². The van der Waals surface area contributed by atoms with Gasteiger partial charge in [0.25, 0.3) is 0 Å². The molecule has 4 heteroatoms. The predicted octanol–water partition coefficient (Wildman–Crippen LogP) is 0.848. The molecule has 0 aliphatic carbocycles. The Labute approximate surface area is 115 Å². The second-order valence-corrected chi connectivity index (χ2v) is 5.00. The lowest BCUT2D eigenvalue weighted by Gasteiger charge is -2.34. The molecule has 1 N–H and O–H groups in total. The van der Waals surface area contributed by atoms with E-state index >= 15 is 0 Å². The van der Waals surface area contributed by atoms with E-state index in [1.807, 2.05) is 12.1 Å². The van der Waals surface area contributed by atoms with Crippen molar-refractivity contribution in [2.75, 3.05) is 53.0 Å². The lowest BCUT2D eigenvalue weighted by atomic mass is 10.1. The molecule has 0 saturated carbocycles. The third kappa shape index (κ3) is 4.49. The van der Waals surface area contributed by atoms with Crippen LogP contribution >= 0.6 is 0 Å². The Morgan fingerprint density at radius 1 is 1.00 bits per heavy atom. The van der Waals surface area contributed by atoms with Gasteiger partial charge >= 0.3 is 0 Å². The monoisotopic (exact) mass is 264 g/mol. The van der Waals surface area contributed by atoms with E-state index in [2.05, 4.69) is 21.9 Å². The highest BCUT2D eigenvalue weighted by Crippen LogP contribution is 2.12. The summed E-state index contributed by atoms with van der Waals surface area (Å²) in [6.45, 7) is 6.55. The zero-order valence-corrected chi connectivity index (χ0v) is 11.7. The molecule has 0 atom stereocenters. The van der Waals surface area contributed by atoms with Gasteiger partial charge in [-0.15, -0.1) is 0 Å². The highest BCUT2D eigenvalue weighted by molar-refractivity contribution is 5.27. The number of benzene rings is 1. The third-order valence-corrected chi connectivity index (χ3v) is 3.76. The molecule has 1 aliphatic rings. The van der Waals surface area contributed by atoms with Gasteiger partial charge in [0.15, 0.2) is 0 Å². The molecule has 0 unspecified atom stereocenters. The van der Waals surface area contributed by atoms with Gasteiger partial charge in [0.05, 0.1) is 13.7 Å². The molecule has 106 valence electrons. The van der Waals surface area contributed by atoms with Crippen LogP contribution in [0.4, 0.5) is 0 Å². The van der Waals surface area contributed by atoms with Crippen LogP contribution in [0, 0.1) is 0 Å². The van der Waals surface area contributed by atoms with Gasteiger partial charge in [0.1, 0.15) is 5.75 Å². The molecule has 0 spiro atoms. The van der Waals surface area contributed by atoms with Crippen molar-refractivity contribution < 1.29 is 9.84 Å². The summed E-state index contributed by atoms with van der Waals surface area (Å²) in [5.74, 6) is 0.918. The summed E-state index contributed by atoms with van der Waals surface area (Å²) in [4.78, 5) is 4.82. The molecule has 1 fully saturated rings. The standard InChI is InChI=1S/C15H24N2O2/c1-19-15-4-2-14(3-5-15)6-7-16-8-10-17(11-9-16)12-13-18/h2-5,18H,6-13H2,1H3. The highest BCUT2D eigenvalue weighted by Gasteiger charge is 2.15. The average molecular weight is 264 g/mol. The van der Waals surface area contributed by atoms with Crippen LogP contribution in [0.15, 0.2) is 24.3 Å². The fraction of sp³-hybridized carbons (Fsp3) is 0.600. The molecule has 1 aromatic rings. The van der Waals surface area contributed by atoms with Gasteiger partial charge < -0.3 is 14.7 Å². The maximum Gasteiger partial charge on any atom is 0.118 e. The second kappa shape index (κ2) is 7.48. The van der Waals surface area contributed by atoms with Gasteiger partial charge in [-0.25, -0.2) is 0 Å². The summed E-state index contributed by atoms with van der Waals surface area (Å²) >= 11 is 0. The quantitative estimate of drug-likeness (QED) is 0.826. The Morgan fingerprint density at radius 3 is 2.11 bits per heavy atom. The van der Waals surface area contributed by atoms with Crippen molar-refractivity contribution in [3.63, 3.8) is 0 Å². The maximum atomic E-state index is 8.91. The molecule has 19 heavy (non-hydrogen) atoms. The van der Waals surface area contributed by atoms with Crippen LogP contribution in [0.3, 0.4) is 0 Å². The molecular formula is C15H24N2O2. The van der Waals surface area contributed by atoms with Crippen molar-refractivity contribution in [3.05, 3.63) is 29.8 Å². The van der Waals surface area contributed by atoms with Gasteiger partial charge in [-0.3, -0.25) is 4.90 Å². The van der Waals surface area contributed by atoms with E-state index in [4.69, 9.17) is 9.84 Å². The van der Waals surface area contributed by atoms with E-state index in [-0.39, 0.29) is 6.61 Å². The number of piperazine rings is 1. The van der Waals surface area contributed by atoms with Crippen molar-refractivity contribution in [3.8, 4) is 5.75 Å². The predicted molar refractivity (Wildman–Crippen MR) is 76.7 cm³/mol. The van der Waals surface area contributed by atoms with Crippen LogP contribution in [0.1, 0.15) is 5.56 Å². The van der Waals surface area contributed by atoms with Crippen LogP contribution in [0.25, 0.3) is 0 Å². The van der Waals surface area contributed by atoms with Gasteiger partial charge in [-0.05, 0) is 24.1 Å². The first-order valence-corrected chi connectivity index (χ1v) is 7.00. The average Bonchev–Trinajstić information content (AvgIpc) is 2.47. The number of rotatable bonds is 6. The maximum absolute atomic E-state index is 8.91. The fourth-order valence-electron chi connectivity index (χ4n) is 2.46. The molecular weight excluding hydrogens is 240 g/mol. The molecule has 1 heterocycles. The zero-order chi connectivity index (χ0) is 13.5. The summed E-state index contributed by atoms with van der Waals surface area (Å²) < 4.78 is 5.16. The highest BCUT2D eigenvalue weighted by atomic mass is 16.5. The number of methoxy groups -OCH3 is 1. The number of hydrogen-bond donors (Lipinski definition) is 1. The lowest BCUT2D eigenvalue weighted by molar-refractivity contribution is 0.113. The number of β-amino-alcohol motifs (C(OH)–C–C–N with tert-alkyl or cyclic N) is 1. The zero-order valence-electron chi connectivity index (χ0n) is 11.7. The Morgan fingerprint density at radius 2 is 1.58 bits per heavy atom. The molecule has 0 amide bonds. The van der Waals surface area contributed by atoms with E-state index in [0.717, 1.165) is 51.4 Å². The summed E-state index contributed by atoms with van der Waals surface area (Å²) in [7, 11) is 1.70. The Kier molecular flexibility index (Phi) is 5.63. The van der Waals surface area contributed by atoms with Gasteiger partial charge in [0.2, 0.25) is 0 Å². The molecule has 4 nitrogen and oxygen atoms in total. The van der Waals surface area contributed by atoms with E-state index in [0.29, 0.717) is 0 Å². The Bertz CT molecular complexity index is 359. The molecule has 1 saturated heterocycles. The lowest BCUT2D eigenvalue weighted by Crippen LogP contribution is -2.47. The van der Waals surface area contributed by atoms with E-state index in [1.54, 1.807) is 7.11 Å². The summed E-state index contributed by atoms with van der Waals surface area (Å²) in [5, 5.41) is 8.91. The summed E-state index contributed by atoms with van der Waals surface area (Å²) in [6, 6.07) is 8.32. The first kappa shape index (κ1) is 14.3. The van der Waals surface area contributed by atoms with Crippen molar-refractivity contribution in [1.82, 2.24) is 9.80 Å². The minimum atomic E-state index is 0.270. The van der Waals surface area contributed by atoms with E-state index in [1.165, 1.54) is 5.56 Å². The number of hydrogen-bond acceptors (Lipinski definition) is 4. The number of ether oxygens (including phenoxy) is 1. The molecule has 0 bridgehead atoms. The van der Waals surface area contributed by atoms with Crippen LogP contribution in [-0.4, -0.2) is 67.9 Å². The number of nitrogens with zero attached hydrogens (tertiary/aromatic N) is 2.